The first-order valence-corrected chi connectivity index (χ1v) is 10.2. The highest BCUT2D eigenvalue weighted by Gasteiger charge is 2.26. The molecule has 0 heterocycles. The molecule has 1 atom stereocenters. The molecular formula is C18H31N3O4S. The number of carboxylic acids is 1. The number of carboxylic acid groups (broad SMARTS) is 1. The minimum Gasteiger partial charge on any atom is -0.550 e. The molecule has 0 aliphatic heterocycles. The fraction of sp³-hybridized carbons (Fsp3) is 0.611. The Kier molecular flexibility index (Phi) is 8.69. The molecule has 1 rings (SSSR count). The summed E-state index contributed by atoms with van der Waals surface area (Å²) in [5, 5.41) is 10.9. The first kappa shape index (κ1) is 22.6. The van der Waals surface area contributed by atoms with Crippen LogP contribution in [-0.4, -0.2) is 70.5 Å². The molecule has 0 amide bonds. The van der Waals surface area contributed by atoms with E-state index >= 15 is 0 Å². The summed E-state index contributed by atoms with van der Waals surface area (Å²) >= 11 is 0. The van der Waals surface area contributed by atoms with Crippen LogP contribution in [0.2, 0.25) is 0 Å². The summed E-state index contributed by atoms with van der Waals surface area (Å²) in [6.07, 6.45) is 2.16. The second-order valence-electron chi connectivity index (χ2n) is 7.63. The number of carbonyl (C=O) groups excluding carboxylic acids is 1. The number of hydrogen-bond acceptors (Lipinski definition) is 4. The monoisotopic (exact) mass is 385 g/mol. The van der Waals surface area contributed by atoms with Crippen LogP contribution in [0, 0.1) is 0 Å². The molecule has 0 unspecified atom stereocenters. The third kappa shape index (κ3) is 9.28. The highest BCUT2D eigenvalue weighted by Crippen LogP contribution is 2.08. The quantitative estimate of drug-likeness (QED) is 0.405. The van der Waals surface area contributed by atoms with Crippen molar-refractivity contribution >= 4 is 16.2 Å². The number of nitrogens with one attached hydrogen (secondary N) is 1. The van der Waals surface area contributed by atoms with Crippen molar-refractivity contribution in [2.45, 2.75) is 31.7 Å². The number of aryl methyl sites for hydroxylation is 1. The Hall–Kier alpha value is -1.48. The van der Waals surface area contributed by atoms with Crippen molar-refractivity contribution < 1.29 is 22.8 Å². The van der Waals surface area contributed by atoms with Crippen LogP contribution in [0.3, 0.4) is 0 Å². The van der Waals surface area contributed by atoms with Gasteiger partial charge in [-0.3, -0.25) is 0 Å². The van der Waals surface area contributed by atoms with Gasteiger partial charge in [0.25, 0.3) is 10.2 Å². The molecule has 0 spiro atoms. The molecule has 0 aliphatic carbocycles. The molecule has 0 fully saturated rings. The van der Waals surface area contributed by atoms with Gasteiger partial charge in [-0.1, -0.05) is 30.3 Å². The van der Waals surface area contributed by atoms with Crippen molar-refractivity contribution in [2.24, 2.45) is 0 Å². The summed E-state index contributed by atoms with van der Waals surface area (Å²) in [4.78, 5) is 10.9. The van der Waals surface area contributed by atoms with Gasteiger partial charge >= 0.3 is 0 Å². The van der Waals surface area contributed by atoms with Crippen LogP contribution in [0.1, 0.15) is 24.8 Å². The minimum absolute atomic E-state index is 0.351. The molecule has 26 heavy (non-hydrogen) atoms. The van der Waals surface area contributed by atoms with E-state index < -0.39 is 22.2 Å². The fourth-order valence-electron chi connectivity index (χ4n) is 2.73. The van der Waals surface area contributed by atoms with Crippen molar-refractivity contribution in [3.63, 3.8) is 0 Å². The average Bonchev–Trinajstić information content (AvgIpc) is 2.49. The van der Waals surface area contributed by atoms with Crippen molar-refractivity contribution in [3.8, 4) is 0 Å². The number of likely N-dealkylation sites (N-methyl/N-ethyl adjacent to an activating group) is 1. The van der Waals surface area contributed by atoms with E-state index in [0.717, 1.165) is 19.3 Å². The number of carbonyl (C=O) groups is 1. The van der Waals surface area contributed by atoms with Crippen LogP contribution in [0.15, 0.2) is 30.3 Å². The predicted octanol–water partition coefficient (Wildman–Crippen LogP) is -0.00970. The van der Waals surface area contributed by atoms with Gasteiger partial charge in [-0.2, -0.15) is 17.4 Å². The summed E-state index contributed by atoms with van der Waals surface area (Å²) in [5.41, 5.74) is 1.23. The predicted molar refractivity (Wildman–Crippen MR) is 100 cm³/mol. The molecule has 8 heteroatoms. The van der Waals surface area contributed by atoms with Gasteiger partial charge in [0.1, 0.15) is 0 Å². The van der Waals surface area contributed by atoms with E-state index in [2.05, 4.69) is 16.9 Å². The lowest BCUT2D eigenvalue weighted by Gasteiger charge is -2.31. The largest absolute Gasteiger partial charge is 0.550 e. The molecule has 1 N–H and O–H groups in total. The van der Waals surface area contributed by atoms with E-state index in [9.17, 15) is 18.3 Å². The van der Waals surface area contributed by atoms with Gasteiger partial charge in [-0.05, 0) is 24.8 Å². The summed E-state index contributed by atoms with van der Waals surface area (Å²) in [6.45, 7) is 0.736. The third-order valence-corrected chi connectivity index (χ3v) is 5.57. The van der Waals surface area contributed by atoms with Gasteiger partial charge < -0.3 is 14.4 Å². The van der Waals surface area contributed by atoms with Crippen LogP contribution in [0.25, 0.3) is 0 Å². The zero-order valence-electron chi connectivity index (χ0n) is 16.1. The van der Waals surface area contributed by atoms with Gasteiger partial charge in [0.05, 0.1) is 33.7 Å². The van der Waals surface area contributed by atoms with Gasteiger partial charge in [0, 0.05) is 26.0 Å². The molecule has 1 aromatic carbocycles. The Morgan fingerprint density at radius 3 is 2.35 bits per heavy atom. The van der Waals surface area contributed by atoms with E-state index in [-0.39, 0.29) is 6.42 Å². The number of aliphatic carboxylic acids is 1. The lowest BCUT2D eigenvalue weighted by Crippen LogP contribution is -2.53. The number of quaternary nitrogens is 1. The lowest BCUT2D eigenvalue weighted by atomic mass is 10.1. The van der Waals surface area contributed by atoms with Crippen LogP contribution >= 0.6 is 0 Å². The molecule has 0 aliphatic rings. The van der Waals surface area contributed by atoms with Crippen molar-refractivity contribution in [2.75, 3.05) is 41.3 Å². The summed E-state index contributed by atoms with van der Waals surface area (Å²) in [6, 6.07) is 9.34. The van der Waals surface area contributed by atoms with Gasteiger partial charge in [-0.15, -0.1) is 0 Å². The maximum Gasteiger partial charge on any atom is 0.279 e. The molecule has 0 bridgehead atoms. The van der Waals surface area contributed by atoms with E-state index in [1.165, 1.54) is 16.9 Å². The molecular weight excluding hydrogens is 354 g/mol. The van der Waals surface area contributed by atoms with E-state index in [0.29, 0.717) is 17.6 Å². The first-order chi connectivity index (χ1) is 12.0. The zero-order chi connectivity index (χ0) is 19.8. The van der Waals surface area contributed by atoms with Gasteiger partial charge in [0.2, 0.25) is 0 Å². The normalized spacial score (nSPS) is 13.7. The second-order valence-corrected chi connectivity index (χ2v) is 9.44. The zero-order valence-corrected chi connectivity index (χ0v) is 17.0. The van der Waals surface area contributed by atoms with Crippen LogP contribution in [-0.2, 0) is 21.4 Å². The highest BCUT2D eigenvalue weighted by atomic mass is 32.2. The fourth-order valence-corrected chi connectivity index (χ4v) is 3.86. The molecule has 0 saturated heterocycles. The first-order valence-electron chi connectivity index (χ1n) is 8.77. The molecule has 0 aromatic heterocycles. The number of rotatable bonds is 12. The number of nitrogens with zero attached hydrogens (tertiary/aromatic N) is 2. The SMILES string of the molecule is CN(CCCCc1ccccc1)S(=O)(=O)N[C@H](CC(=O)[O-])C[N+](C)(C)C. The maximum absolute atomic E-state index is 12.5. The summed E-state index contributed by atoms with van der Waals surface area (Å²) < 4.78 is 29.1. The minimum atomic E-state index is -3.74. The molecule has 0 radical (unpaired) electrons. The Bertz CT molecular complexity index is 657. The van der Waals surface area contributed by atoms with Crippen LogP contribution in [0.5, 0.6) is 0 Å². The highest BCUT2D eigenvalue weighted by molar-refractivity contribution is 7.87. The van der Waals surface area contributed by atoms with Gasteiger partial charge in [-0.25, -0.2) is 0 Å². The molecule has 7 nitrogen and oxygen atoms in total. The van der Waals surface area contributed by atoms with Gasteiger partial charge in [0.15, 0.2) is 0 Å². The van der Waals surface area contributed by atoms with E-state index in [1.54, 1.807) is 0 Å². The smallest absolute Gasteiger partial charge is 0.279 e. The van der Waals surface area contributed by atoms with Crippen LogP contribution in [0.4, 0.5) is 0 Å². The standard InChI is InChI=1S/C18H31N3O4S/c1-20(13-9-8-12-16-10-6-5-7-11-16)26(24,25)19-17(14-18(22)23)15-21(2,3)4/h5-7,10-11,17,19H,8-9,12-15H2,1-4H3/t17-/m1/s1. The van der Waals surface area contributed by atoms with Crippen molar-refractivity contribution in [1.29, 1.82) is 0 Å². The number of hydrogen-bond donors (Lipinski definition) is 1. The number of benzene rings is 1. The third-order valence-electron chi connectivity index (χ3n) is 3.94. The Morgan fingerprint density at radius 2 is 1.81 bits per heavy atom. The molecule has 1 aromatic rings. The second kappa shape index (κ2) is 10.0. The van der Waals surface area contributed by atoms with Crippen molar-refractivity contribution in [1.82, 2.24) is 9.03 Å². The Morgan fingerprint density at radius 1 is 1.19 bits per heavy atom. The van der Waals surface area contributed by atoms with Crippen molar-refractivity contribution in [3.05, 3.63) is 35.9 Å². The molecule has 148 valence electrons. The summed E-state index contributed by atoms with van der Waals surface area (Å²) in [7, 11) is 3.40. The maximum atomic E-state index is 12.5. The average molecular weight is 386 g/mol. The van der Waals surface area contributed by atoms with E-state index in [1.807, 2.05) is 39.3 Å². The lowest BCUT2D eigenvalue weighted by molar-refractivity contribution is -0.871. The topological polar surface area (TPSA) is 89.5 Å². The Balaban J connectivity index is 2.53. The molecule has 0 saturated carbocycles. The van der Waals surface area contributed by atoms with E-state index in [4.69, 9.17) is 0 Å². The Labute approximate surface area is 157 Å². The summed E-state index contributed by atoms with van der Waals surface area (Å²) in [5.74, 6) is -1.27. The van der Waals surface area contributed by atoms with Crippen LogP contribution < -0.4 is 9.83 Å². The number of unbranched alkanes of at least 4 members (excludes halogenated alkanes) is 1.